The number of piperazine rings is 1. The second-order valence-corrected chi connectivity index (χ2v) is 6.57. The molecule has 1 aliphatic rings. The molecule has 2 amide bonds. The van der Waals surface area contributed by atoms with Gasteiger partial charge < -0.3 is 20.1 Å². The van der Waals surface area contributed by atoms with E-state index in [1.807, 2.05) is 17.5 Å². The van der Waals surface area contributed by atoms with E-state index < -0.39 is 0 Å². The molecule has 1 aliphatic heterocycles. The molecule has 9 heteroatoms. The van der Waals surface area contributed by atoms with Crippen molar-refractivity contribution < 1.29 is 19.1 Å². The summed E-state index contributed by atoms with van der Waals surface area (Å²) >= 11 is 1.34. The summed E-state index contributed by atoms with van der Waals surface area (Å²) in [5.41, 5.74) is 1.53. The minimum Gasteiger partial charge on any atom is -0.497 e. The number of hydrogen-bond acceptors (Lipinski definition) is 7. The summed E-state index contributed by atoms with van der Waals surface area (Å²) < 4.78 is 10.6. The van der Waals surface area contributed by atoms with Gasteiger partial charge in [0.2, 0.25) is 11.8 Å². The first-order valence-electron chi connectivity index (χ1n) is 8.06. The second-order valence-electron chi connectivity index (χ2n) is 5.71. The highest BCUT2D eigenvalue weighted by atomic mass is 32.1. The Morgan fingerprint density at radius 3 is 2.96 bits per heavy atom. The molecule has 0 radical (unpaired) electrons. The topological polar surface area (TPSA) is 92.8 Å². The van der Waals surface area contributed by atoms with Gasteiger partial charge in [0.1, 0.15) is 11.5 Å². The van der Waals surface area contributed by atoms with Gasteiger partial charge in [-0.3, -0.25) is 14.5 Å². The van der Waals surface area contributed by atoms with E-state index in [-0.39, 0.29) is 24.9 Å². The maximum atomic E-state index is 12.2. The first-order chi connectivity index (χ1) is 12.6. The highest BCUT2D eigenvalue weighted by molar-refractivity contribution is 7.14. The lowest BCUT2D eigenvalue weighted by Crippen LogP contribution is -2.49. The summed E-state index contributed by atoms with van der Waals surface area (Å²) in [5.74, 6) is 1.08. The molecule has 2 heterocycles. The normalized spacial score (nSPS) is 14.6. The molecule has 8 nitrogen and oxygen atoms in total. The zero-order valence-corrected chi connectivity index (χ0v) is 15.4. The minimum absolute atomic E-state index is 0.0628. The number of benzene rings is 1. The molecule has 1 aromatic heterocycles. The number of amides is 2. The van der Waals surface area contributed by atoms with Crippen molar-refractivity contribution in [3.05, 3.63) is 23.6 Å². The smallest absolute Gasteiger partial charge is 0.240 e. The largest absolute Gasteiger partial charge is 0.497 e. The standard InChI is InChI=1S/C17H20N4O4S/c1-24-11-3-4-12(14(7-11)25-2)13-10-26-17(19-13)20-16(23)9-21-6-5-18-15(22)8-21/h3-4,7,10H,5-6,8-9H2,1-2H3,(H,18,22)(H,19,20,23). The second kappa shape index (κ2) is 8.15. The maximum absolute atomic E-state index is 12.2. The third-order valence-electron chi connectivity index (χ3n) is 3.92. The number of carbonyl (C=O) groups is 2. The van der Waals surface area contributed by atoms with Crippen molar-refractivity contribution in [1.29, 1.82) is 0 Å². The number of hydrogen-bond donors (Lipinski definition) is 2. The number of aromatic nitrogens is 1. The van der Waals surface area contributed by atoms with Crippen LogP contribution in [0.1, 0.15) is 0 Å². The average molecular weight is 376 g/mol. The lowest BCUT2D eigenvalue weighted by Gasteiger charge is -2.25. The number of ether oxygens (including phenoxy) is 2. The SMILES string of the molecule is COc1ccc(-c2csc(NC(=O)CN3CCNC(=O)C3)n2)c(OC)c1. The number of thiazole rings is 1. The van der Waals surface area contributed by atoms with Crippen molar-refractivity contribution in [3.63, 3.8) is 0 Å². The molecule has 138 valence electrons. The van der Waals surface area contributed by atoms with Gasteiger partial charge in [-0.1, -0.05) is 0 Å². The van der Waals surface area contributed by atoms with E-state index in [0.717, 1.165) is 5.56 Å². The third-order valence-corrected chi connectivity index (χ3v) is 4.68. The van der Waals surface area contributed by atoms with Gasteiger partial charge in [-0.2, -0.15) is 0 Å². The van der Waals surface area contributed by atoms with E-state index in [9.17, 15) is 9.59 Å². The summed E-state index contributed by atoms with van der Waals surface area (Å²) in [6.07, 6.45) is 0. The van der Waals surface area contributed by atoms with Crippen LogP contribution in [0.3, 0.4) is 0 Å². The summed E-state index contributed by atoms with van der Waals surface area (Å²) in [6, 6.07) is 5.48. The van der Waals surface area contributed by atoms with Crippen LogP contribution < -0.4 is 20.1 Å². The van der Waals surface area contributed by atoms with Crippen molar-refractivity contribution in [2.75, 3.05) is 45.7 Å². The fourth-order valence-electron chi connectivity index (χ4n) is 2.65. The summed E-state index contributed by atoms with van der Waals surface area (Å²) in [7, 11) is 3.18. The van der Waals surface area contributed by atoms with Crippen molar-refractivity contribution in [2.24, 2.45) is 0 Å². The molecule has 0 aliphatic carbocycles. The van der Waals surface area contributed by atoms with Crippen molar-refractivity contribution in [3.8, 4) is 22.8 Å². The molecule has 1 saturated heterocycles. The van der Waals surface area contributed by atoms with E-state index in [1.165, 1.54) is 11.3 Å². The fraction of sp³-hybridized carbons (Fsp3) is 0.353. The predicted molar refractivity (Wildman–Crippen MR) is 98.7 cm³/mol. The van der Waals surface area contributed by atoms with Crippen LogP contribution in [0.15, 0.2) is 23.6 Å². The van der Waals surface area contributed by atoms with Gasteiger partial charge in [0.05, 0.1) is 33.0 Å². The lowest BCUT2D eigenvalue weighted by atomic mass is 10.1. The van der Waals surface area contributed by atoms with Crippen LogP contribution in [-0.2, 0) is 9.59 Å². The monoisotopic (exact) mass is 376 g/mol. The molecular formula is C17H20N4O4S. The van der Waals surface area contributed by atoms with Crippen LogP contribution in [-0.4, -0.2) is 62.1 Å². The Hall–Kier alpha value is -2.65. The molecule has 26 heavy (non-hydrogen) atoms. The zero-order valence-electron chi connectivity index (χ0n) is 14.6. The van der Waals surface area contributed by atoms with Crippen LogP contribution in [0.25, 0.3) is 11.3 Å². The predicted octanol–water partition coefficient (Wildman–Crippen LogP) is 1.20. The molecule has 2 aromatic rings. The van der Waals surface area contributed by atoms with Gasteiger partial charge in [0.25, 0.3) is 0 Å². The van der Waals surface area contributed by atoms with E-state index in [4.69, 9.17) is 9.47 Å². The van der Waals surface area contributed by atoms with Crippen LogP contribution in [0.5, 0.6) is 11.5 Å². The van der Waals surface area contributed by atoms with E-state index in [1.54, 1.807) is 25.2 Å². The van der Waals surface area contributed by atoms with E-state index in [2.05, 4.69) is 15.6 Å². The van der Waals surface area contributed by atoms with Gasteiger partial charge in [-0.05, 0) is 12.1 Å². The Bertz CT molecular complexity index is 808. The van der Waals surface area contributed by atoms with Crippen LogP contribution >= 0.6 is 11.3 Å². The number of rotatable bonds is 6. The van der Waals surface area contributed by atoms with Crippen molar-refractivity contribution in [2.45, 2.75) is 0 Å². The maximum Gasteiger partial charge on any atom is 0.240 e. The summed E-state index contributed by atoms with van der Waals surface area (Å²) in [4.78, 5) is 29.8. The molecular weight excluding hydrogens is 356 g/mol. The molecule has 3 rings (SSSR count). The first kappa shape index (κ1) is 18.2. The number of anilines is 1. The fourth-order valence-corrected chi connectivity index (χ4v) is 3.38. The minimum atomic E-state index is -0.192. The lowest BCUT2D eigenvalue weighted by molar-refractivity contribution is -0.125. The summed E-state index contributed by atoms with van der Waals surface area (Å²) in [6.45, 7) is 1.61. The molecule has 2 N–H and O–H groups in total. The highest BCUT2D eigenvalue weighted by Gasteiger charge is 2.19. The average Bonchev–Trinajstić information content (AvgIpc) is 3.09. The Labute approximate surface area is 155 Å². The quantitative estimate of drug-likeness (QED) is 0.787. The Morgan fingerprint density at radius 1 is 1.38 bits per heavy atom. The van der Waals surface area contributed by atoms with Gasteiger partial charge in [0, 0.05) is 30.1 Å². The number of carbonyl (C=O) groups excluding carboxylic acids is 2. The van der Waals surface area contributed by atoms with Crippen LogP contribution in [0, 0.1) is 0 Å². The first-order valence-corrected chi connectivity index (χ1v) is 8.94. The Balaban J connectivity index is 1.66. The Morgan fingerprint density at radius 2 is 2.23 bits per heavy atom. The molecule has 0 unspecified atom stereocenters. The van der Waals surface area contributed by atoms with Gasteiger partial charge in [-0.25, -0.2) is 4.98 Å². The molecule has 1 aromatic carbocycles. The van der Waals surface area contributed by atoms with Gasteiger partial charge in [-0.15, -0.1) is 11.3 Å². The van der Waals surface area contributed by atoms with E-state index >= 15 is 0 Å². The Kier molecular flexibility index (Phi) is 5.69. The summed E-state index contributed by atoms with van der Waals surface area (Å²) in [5, 5.41) is 7.88. The number of nitrogens with one attached hydrogen (secondary N) is 2. The van der Waals surface area contributed by atoms with Crippen molar-refractivity contribution in [1.82, 2.24) is 15.2 Å². The highest BCUT2D eigenvalue weighted by Crippen LogP contribution is 2.34. The zero-order chi connectivity index (χ0) is 18.5. The van der Waals surface area contributed by atoms with Gasteiger partial charge in [0.15, 0.2) is 5.13 Å². The molecule has 0 saturated carbocycles. The van der Waals surface area contributed by atoms with Crippen LogP contribution in [0.4, 0.5) is 5.13 Å². The number of methoxy groups -OCH3 is 2. The van der Waals surface area contributed by atoms with Crippen molar-refractivity contribution >= 4 is 28.3 Å². The molecule has 0 bridgehead atoms. The van der Waals surface area contributed by atoms with Gasteiger partial charge >= 0.3 is 0 Å². The third kappa shape index (κ3) is 4.30. The molecule has 0 atom stereocenters. The van der Waals surface area contributed by atoms with Crippen LogP contribution in [0.2, 0.25) is 0 Å². The number of nitrogens with zero attached hydrogens (tertiary/aromatic N) is 2. The van der Waals surface area contributed by atoms with E-state index in [0.29, 0.717) is 35.4 Å². The molecule has 1 fully saturated rings. The molecule has 0 spiro atoms.